The number of hydrogen-bond acceptors (Lipinski definition) is 4. The smallest absolute Gasteiger partial charge is 0.274 e. The van der Waals surface area contributed by atoms with E-state index in [2.05, 4.69) is 16.7 Å². The van der Waals surface area contributed by atoms with Gasteiger partial charge in [0.15, 0.2) is 0 Å². The van der Waals surface area contributed by atoms with Crippen molar-refractivity contribution in [3.8, 4) is 0 Å². The van der Waals surface area contributed by atoms with Gasteiger partial charge in [-0.2, -0.15) is 0 Å². The lowest BCUT2D eigenvalue weighted by Crippen LogP contribution is -2.37. The zero-order chi connectivity index (χ0) is 23.5. The van der Waals surface area contributed by atoms with E-state index in [0.717, 1.165) is 48.1 Å². The van der Waals surface area contributed by atoms with Crippen molar-refractivity contribution in [2.45, 2.75) is 25.3 Å². The van der Waals surface area contributed by atoms with Gasteiger partial charge < -0.3 is 9.47 Å². The number of hydrogen-bond donors (Lipinski definition) is 2. The molecule has 0 saturated carbocycles. The number of aromatic nitrogens is 2. The van der Waals surface area contributed by atoms with E-state index in [1.54, 1.807) is 17.6 Å². The average Bonchev–Trinajstić information content (AvgIpc) is 3.30. The fraction of sp³-hybridized carbons (Fsp3) is 0.222. The fourth-order valence-corrected chi connectivity index (χ4v) is 4.65. The summed E-state index contributed by atoms with van der Waals surface area (Å²) in [5, 5.41) is 9.85. The number of nitrogens with zero attached hydrogens (tertiary/aromatic N) is 3. The molecule has 2 amide bonds. The number of piperidine rings is 1. The molecule has 0 bridgehead atoms. The monoisotopic (exact) mass is 454 g/mol. The van der Waals surface area contributed by atoms with Crippen LogP contribution in [0.1, 0.15) is 50.6 Å². The van der Waals surface area contributed by atoms with Crippen LogP contribution < -0.4 is 5.48 Å². The zero-order valence-corrected chi connectivity index (χ0v) is 18.7. The summed E-state index contributed by atoms with van der Waals surface area (Å²) in [5.74, 6) is -0.0255. The molecule has 0 aliphatic carbocycles. The highest BCUT2D eigenvalue weighted by atomic mass is 16.5. The number of carbonyl (C=O) groups excluding carboxylic acids is 2. The average molecular weight is 455 g/mol. The highest BCUT2D eigenvalue weighted by molar-refractivity contribution is 5.94. The maximum atomic E-state index is 12.7. The van der Waals surface area contributed by atoms with Crippen molar-refractivity contribution in [3.05, 3.63) is 101 Å². The topological polar surface area (TPSA) is 87.5 Å². The molecule has 2 aromatic carbocycles. The number of nitrogens with one attached hydrogen (secondary N) is 1. The van der Waals surface area contributed by atoms with Crippen LogP contribution in [0.2, 0.25) is 0 Å². The number of carbonyl (C=O) groups is 2. The highest BCUT2D eigenvalue weighted by Gasteiger charge is 2.25. The predicted octanol–water partition coefficient (Wildman–Crippen LogP) is 4.22. The number of benzene rings is 2. The van der Waals surface area contributed by atoms with Crippen LogP contribution in [0.5, 0.6) is 0 Å². The molecule has 0 spiro atoms. The Kier molecular flexibility index (Phi) is 6.10. The summed E-state index contributed by atoms with van der Waals surface area (Å²) >= 11 is 0. The van der Waals surface area contributed by atoms with Gasteiger partial charge in [-0.15, -0.1) is 0 Å². The summed E-state index contributed by atoms with van der Waals surface area (Å²) in [6, 6.07) is 20.9. The molecule has 1 saturated heterocycles. The van der Waals surface area contributed by atoms with Crippen LogP contribution in [0.25, 0.3) is 11.0 Å². The Hall–Kier alpha value is -3.97. The summed E-state index contributed by atoms with van der Waals surface area (Å²) in [6.07, 6.45) is 5.85. The van der Waals surface area contributed by atoms with E-state index in [9.17, 15) is 9.59 Å². The van der Waals surface area contributed by atoms with E-state index < -0.39 is 5.91 Å². The molecule has 4 aromatic rings. The number of amides is 2. The SMILES string of the molecule is O=C(NO)c1ccc(Cn2ccc3cc(C4CCN(C(=O)c5ccccc5)CC4)cnc32)cc1. The molecule has 34 heavy (non-hydrogen) atoms. The molecule has 7 nitrogen and oxygen atoms in total. The Bertz CT molecular complexity index is 1310. The van der Waals surface area contributed by atoms with Crippen molar-refractivity contribution in [1.29, 1.82) is 0 Å². The number of rotatable bonds is 5. The third-order valence-corrected chi connectivity index (χ3v) is 6.57. The Morgan fingerprint density at radius 1 is 0.971 bits per heavy atom. The van der Waals surface area contributed by atoms with Crippen molar-refractivity contribution in [3.63, 3.8) is 0 Å². The molecule has 0 unspecified atom stereocenters. The van der Waals surface area contributed by atoms with Gasteiger partial charge in [-0.3, -0.25) is 14.8 Å². The van der Waals surface area contributed by atoms with Gasteiger partial charge in [-0.05, 0) is 66.3 Å². The van der Waals surface area contributed by atoms with Gasteiger partial charge in [0.25, 0.3) is 11.8 Å². The largest absolute Gasteiger partial charge is 0.339 e. The molecule has 7 heteroatoms. The molecule has 0 radical (unpaired) electrons. The van der Waals surface area contributed by atoms with Gasteiger partial charge in [0.05, 0.1) is 0 Å². The van der Waals surface area contributed by atoms with Gasteiger partial charge >= 0.3 is 0 Å². The van der Waals surface area contributed by atoms with E-state index in [1.807, 2.05) is 59.8 Å². The highest BCUT2D eigenvalue weighted by Crippen LogP contribution is 2.30. The first-order valence-electron chi connectivity index (χ1n) is 11.4. The van der Waals surface area contributed by atoms with Crippen molar-refractivity contribution in [2.75, 3.05) is 13.1 Å². The second-order valence-electron chi connectivity index (χ2n) is 8.70. The minimum absolute atomic E-state index is 0.106. The lowest BCUT2D eigenvalue weighted by atomic mass is 9.90. The Labute approximate surface area is 197 Å². The Balaban J connectivity index is 1.25. The first-order valence-corrected chi connectivity index (χ1v) is 11.4. The lowest BCUT2D eigenvalue weighted by molar-refractivity contribution is 0.0703. The molecule has 172 valence electrons. The molecule has 2 aromatic heterocycles. The van der Waals surface area contributed by atoms with Crippen LogP contribution in [-0.2, 0) is 6.54 Å². The second kappa shape index (κ2) is 9.49. The van der Waals surface area contributed by atoms with Crippen molar-refractivity contribution < 1.29 is 14.8 Å². The fourth-order valence-electron chi connectivity index (χ4n) is 4.65. The minimum Gasteiger partial charge on any atom is -0.339 e. The maximum absolute atomic E-state index is 12.7. The van der Waals surface area contributed by atoms with Crippen molar-refractivity contribution in [1.82, 2.24) is 19.9 Å². The van der Waals surface area contributed by atoms with E-state index in [4.69, 9.17) is 10.2 Å². The third-order valence-electron chi connectivity index (χ3n) is 6.57. The standard InChI is InChI=1S/C27H26N4O3/c32-26(29-34)21-8-6-19(7-9-21)18-31-15-12-23-16-24(17-28-25(23)31)20-10-13-30(14-11-20)27(33)22-4-2-1-3-5-22/h1-9,12,15-17,20,34H,10-11,13-14,18H2,(H,29,32). The summed E-state index contributed by atoms with van der Waals surface area (Å²) in [6.45, 7) is 2.14. The zero-order valence-electron chi connectivity index (χ0n) is 18.7. The summed E-state index contributed by atoms with van der Waals surface area (Å²) in [4.78, 5) is 30.9. The van der Waals surface area contributed by atoms with Crippen molar-refractivity contribution >= 4 is 22.8 Å². The van der Waals surface area contributed by atoms with Crippen molar-refractivity contribution in [2.24, 2.45) is 0 Å². The van der Waals surface area contributed by atoms with Gasteiger partial charge in [0.2, 0.25) is 0 Å². The van der Waals surface area contributed by atoms with E-state index >= 15 is 0 Å². The number of fused-ring (bicyclic) bond motifs is 1. The van der Waals surface area contributed by atoms with Gasteiger partial charge in [-0.25, -0.2) is 10.5 Å². The van der Waals surface area contributed by atoms with Gasteiger partial charge in [-0.1, -0.05) is 30.3 Å². The second-order valence-corrected chi connectivity index (χ2v) is 8.70. The molecule has 1 aliphatic heterocycles. The molecule has 2 N–H and O–H groups in total. The molecule has 1 fully saturated rings. The van der Waals surface area contributed by atoms with E-state index in [1.165, 1.54) is 5.56 Å². The summed E-state index contributed by atoms with van der Waals surface area (Å²) < 4.78 is 2.08. The van der Waals surface area contributed by atoms with Gasteiger partial charge in [0, 0.05) is 48.5 Å². The van der Waals surface area contributed by atoms with Crippen LogP contribution in [0, 0.1) is 0 Å². The number of hydroxylamine groups is 1. The molecule has 0 atom stereocenters. The molecular formula is C27H26N4O3. The summed E-state index contributed by atoms with van der Waals surface area (Å²) in [5.41, 5.74) is 5.97. The molecule has 3 heterocycles. The number of pyridine rings is 1. The maximum Gasteiger partial charge on any atom is 0.274 e. The van der Waals surface area contributed by atoms with Crippen LogP contribution in [0.4, 0.5) is 0 Å². The van der Waals surface area contributed by atoms with E-state index in [-0.39, 0.29) is 5.91 Å². The molecule has 1 aliphatic rings. The third kappa shape index (κ3) is 4.43. The van der Waals surface area contributed by atoms with Gasteiger partial charge in [0.1, 0.15) is 5.65 Å². The first-order chi connectivity index (χ1) is 16.6. The number of likely N-dealkylation sites (tertiary alicyclic amines) is 1. The first kappa shape index (κ1) is 21.9. The molecule has 5 rings (SSSR count). The predicted molar refractivity (Wildman–Crippen MR) is 129 cm³/mol. The quantitative estimate of drug-likeness (QED) is 0.349. The molecular weight excluding hydrogens is 428 g/mol. The summed E-state index contributed by atoms with van der Waals surface area (Å²) in [7, 11) is 0. The van der Waals surface area contributed by atoms with Crippen LogP contribution in [0.3, 0.4) is 0 Å². The normalized spacial score (nSPS) is 14.3. The minimum atomic E-state index is -0.526. The van der Waals surface area contributed by atoms with Crippen LogP contribution >= 0.6 is 0 Å². The van der Waals surface area contributed by atoms with E-state index in [0.29, 0.717) is 18.0 Å². The van der Waals surface area contributed by atoms with Crippen LogP contribution in [-0.4, -0.2) is 44.6 Å². The lowest BCUT2D eigenvalue weighted by Gasteiger charge is -2.32. The Morgan fingerprint density at radius 2 is 1.71 bits per heavy atom. The Morgan fingerprint density at radius 3 is 2.41 bits per heavy atom. The van der Waals surface area contributed by atoms with Crippen LogP contribution in [0.15, 0.2) is 79.1 Å².